The second-order valence-corrected chi connectivity index (χ2v) is 7.36. The monoisotopic (exact) mass is 409 g/mol. The van der Waals surface area contributed by atoms with Crippen LogP contribution in [-0.2, 0) is 14.3 Å². The maximum atomic E-state index is 12.5. The molecule has 0 spiro atoms. The van der Waals surface area contributed by atoms with Crippen molar-refractivity contribution >= 4 is 46.3 Å². The van der Waals surface area contributed by atoms with Crippen LogP contribution < -0.4 is 9.47 Å². The molecule has 1 saturated heterocycles. The van der Waals surface area contributed by atoms with Crippen molar-refractivity contribution < 1.29 is 23.8 Å². The molecule has 0 aromatic heterocycles. The van der Waals surface area contributed by atoms with Crippen molar-refractivity contribution in [1.82, 2.24) is 4.90 Å². The van der Waals surface area contributed by atoms with Gasteiger partial charge in [0.25, 0.3) is 5.91 Å². The summed E-state index contributed by atoms with van der Waals surface area (Å²) >= 11 is 6.38. The predicted octanol–water partition coefficient (Wildman–Crippen LogP) is 3.64. The third kappa shape index (κ3) is 5.71. The number of carbonyl (C=O) groups is 2. The smallest absolute Gasteiger partial charge is 0.326 e. The summed E-state index contributed by atoms with van der Waals surface area (Å²) in [5.41, 5.74) is 0.784. The summed E-state index contributed by atoms with van der Waals surface area (Å²) in [6.07, 6.45) is 3.74. The van der Waals surface area contributed by atoms with Crippen LogP contribution in [0.3, 0.4) is 0 Å². The molecule has 0 aliphatic carbocycles. The van der Waals surface area contributed by atoms with E-state index < -0.39 is 5.97 Å². The summed E-state index contributed by atoms with van der Waals surface area (Å²) < 4.78 is 16.3. The van der Waals surface area contributed by atoms with Gasteiger partial charge in [-0.25, -0.2) is 0 Å². The molecular weight excluding hydrogens is 386 g/mol. The van der Waals surface area contributed by atoms with Gasteiger partial charge in [0.15, 0.2) is 11.5 Å². The molecule has 1 heterocycles. The molecule has 6 nitrogen and oxygen atoms in total. The Morgan fingerprint density at radius 1 is 1.30 bits per heavy atom. The van der Waals surface area contributed by atoms with Crippen LogP contribution in [-0.4, -0.2) is 48.0 Å². The zero-order valence-electron chi connectivity index (χ0n) is 15.6. The molecule has 1 aliphatic rings. The van der Waals surface area contributed by atoms with Crippen molar-refractivity contribution in [2.24, 2.45) is 0 Å². The summed E-state index contributed by atoms with van der Waals surface area (Å²) in [5.74, 6) is 0.477. The highest BCUT2D eigenvalue weighted by atomic mass is 32.2. The first kappa shape index (κ1) is 21.2. The molecule has 1 aromatic carbocycles. The fourth-order valence-corrected chi connectivity index (χ4v) is 3.60. The second kappa shape index (κ2) is 10.3. The Bertz CT molecular complexity index is 748. The van der Waals surface area contributed by atoms with Gasteiger partial charge < -0.3 is 14.2 Å². The predicted molar refractivity (Wildman–Crippen MR) is 110 cm³/mol. The van der Waals surface area contributed by atoms with Gasteiger partial charge in [-0.2, -0.15) is 0 Å². The Kier molecular flexibility index (Phi) is 8.12. The zero-order chi connectivity index (χ0) is 19.8. The van der Waals surface area contributed by atoms with E-state index in [2.05, 4.69) is 6.92 Å². The largest absolute Gasteiger partial charge is 0.493 e. The van der Waals surface area contributed by atoms with Crippen LogP contribution in [0.15, 0.2) is 23.1 Å². The maximum absolute atomic E-state index is 12.5. The molecule has 1 amide bonds. The second-order valence-electron chi connectivity index (χ2n) is 5.69. The summed E-state index contributed by atoms with van der Waals surface area (Å²) in [7, 11) is 1.57. The first-order valence-corrected chi connectivity index (χ1v) is 9.94. The van der Waals surface area contributed by atoms with Gasteiger partial charge in [-0.05, 0) is 37.1 Å². The molecule has 0 N–H and O–H groups in total. The normalized spacial score (nSPS) is 15.4. The van der Waals surface area contributed by atoms with Gasteiger partial charge in [0.2, 0.25) is 0 Å². The number of benzene rings is 1. The Labute approximate surface area is 168 Å². The van der Waals surface area contributed by atoms with Gasteiger partial charge in [-0.15, -0.1) is 0 Å². The number of hydrogen-bond donors (Lipinski definition) is 0. The van der Waals surface area contributed by atoms with Crippen LogP contribution in [0.25, 0.3) is 6.08 Å². The van der Waals surface area contributed by atoms with E-state index in [1.54, 1.807) is 26.2 Å². The van der Waals surface area contributed by atoms with E-state index in [0.29, 0.717) is 27.3 Å². The lowest BCUT2D eigenvalue weighted by Crippen LogP contribution is -2.34. The fourth-order valence-electron chi connectivity index (χ4n) is 2.34. The summed E-state index contributed by atoms with van der Waals surface area (Å²) in [5, 5.41) is 0. The van der Waals surface area contributed by atoms with E-state index in [9.17, 15) is 9.59 Å². The summed E-state index contributed by atoms with van der Waals surface area (Å²) in [6, 6.07) is 5.47. The molecule has 1 aliphatic heterocycles. The van der Waals surface area contributed by atoms with Gasteiger partial charge in [0.05, 0.1) is 25.2 Å². The third-order valence-corrected chi connectivity index (χ3v) is 5.08. The molecule has 0 saturated carbocycles. The number of esters is 1. The molecule has 27 heavy (non-hydrogen) atoms. The lowest BCUT2D eigenvalue weighted by atomic mass is 10.2. The van der Waals surface area contributed by atoms with Crippen molar-refractivity contribution in [2.45, 2.75) is 26.7 Å². The highest BCUT2D eigenvalue weighted by Crippen LogP contribution is 2.34. The molecule has 1 aromatic rings. The van der Waals surface area contributed by atoms with Crippen molar-refractivity contribution in [3.05, 3.63) is 28.7 Å². The molecule has 0 radical (unpaired) electrons. The number of methoxy groups -OCH3 is 1. The Morgan fingerprint density at radius 3 is 2.74 bits per heavy atom. The molecule has 8 heteroatoms. The third-order valence-electron chi connectivity index (χ3n) is 3.71. The van der Waals surface area contributed by atoms with Gasteiger partial charge in [-0.3, -0.25) is 14.5 Å². The van der Waals surface area contributed by atoms with Crippen molar-refractivity contribution in [1.29, 1.82) is 0 Å². The Balaban J connectivity index is 2.14. The van der Waals surface area contributed by atoms with E-state index in [0.717, 1.165) is 30.2 Å². The van der Waals surface area contributed by atoms with E-state index in [4.69, 9.17) is 26.4 Å². The molecule has 146 valence electrons. The SMILES string of the molecule is CCCCOc1ccc(/C=C2\SC(=S)N(CC(=O)OCC)C2=O)cc1OC. The number of thioether (sulfide) groups is 1. The molecule has 0 bridgehead atoms. The van der Waals surface area contributed by atoms with Crippen molar-refractivity contribution in [3.63, 3.8) is 0 Å². The van der Waals surface area contributed by atoms with E-state index in [1.165, 1.54) is 4.90 Å². The Hall–Kier alpha value is -2.06. The first-order valence-electron chi connectivity index (χ1n) is 8.72. The molecule has 1 fully saturated rings. The lowest BCUT2D eigenvalue weighted by Gasteiger charge is -2.13. The van der Waals surface area contributed by atoms with Gasteiger partial charge in [0, 0.05) is 0 Å². The number of carbonyl (C=O) groups excluding carboxylic acids is 2. The Morgan fingerprint density at radius 2 is 2.07 bits per heavy atom. The molecular formula is C19H23NO5S2. The highest BCUT2D eigenvalue weighted by molar-refractivity contribution is 8.26. The lowest BCUT2D eigenvalue weighted by molar-refractivity contribution is -0.145. The number of unbranched alkanes of at least 4 members (excludes halogenated alkanes) is 1. The number of thiocarbonyl (C=S) groups is 1. The van der Waals surface area contributed by atoms with E-state index >= 15 is 0 Å². The minimum atomic E-state index is -0.481. The average molecular weight is 410 g/mol. The van der Waals surface area contributed by atoms with Crippen LogP contribution in [0.5, 0.6) is 11.5 Å². The standard InChI is InChI=1S/C19H23NO5S2/c1-4-6-9-25-14-8-7-13(10-15(14)23-3)11-16-18(22)20(19(26)27-16)12-17(21)24-5-2/h7-8,10-11H,4-6,9,12H2,1-3H3/b16-11-. The quantitative estimate of drug-likeness (QED) is 0.267. The first-order chi connectivity index (χ1) is 13.0. The molecule has 2 rings (SSSR count). The number of amides is 1. The maximum Gasteiger partial charge on any atom is 0.326 e. The van der Waals surface area contributed by atoms with Gasteiger partial charge >= 0.3 is 5.97 Å². The molecule has 0 unspecified atom stereocenters. The van der Waals surface area contributed by atoms with Crippen LogP contribution in [0, 0.1) is 0 Å². The van der Waals surface area contributed by atoms with Crippen LogP contribution in [0.1, 0.15) is 32.3 Å². The number of nitrogens with zero attached hydrogens (tertiary/aromatic N) is 1. The van der Waals surface area contributed by atoms with Crippen LogP contribution in [0.4, 0.5) is 0 Å². The van der Waals surface area contributed by atoms with Gasteiger partial charge in [-0.1, -0.05) is 43.4 Å². The molecule has 0 atom stereocenters. The highest BCUT2D eigenvalue weighted by Gasteiger charge is 2.33. The number of ether oxygens (including phenoxy) is 3. The minimum absolute atomic E-state index is 0.177. The minimum Gasteiger partial charge on any atom is -0.493 e. The topological polar surface area (TPSA) is 65.1 Å². The summed E-state index contributed by atoms with van der Waals surface area (Å²) in [4.78, 5) is 25.9. The van der Waals surface area contributed by atoms with Crippen molar-refractivity contribution in [2.75, 3.05) is 26.9 Å². The average Bonchev–Trinajstić information content (AvgIpc) is 2.90. The number of hydrogen-bond acceptors (Lipinski definition) is 7. The zero-order valence-corrected chi connectivity index (χ0v) is 17.3. The van der Waals surface area contributed by atoms with E-state index in [-0.39, 0.29) is 19.1 Å². The fraction of sp³-hybridized carbons (Fsp3) is 0.421. The van der Waals surface area contributed by atoms with Crippen LogP contribution in [0.2, 0.25) is 0 Å². The van der Waals surface area contributed by atoms with E-state index in [1.807, 2.05) is 12.1 Å². The summed E-state index contributed by atoms with van der Waals surface area (Å²) in [6.45, 7) is 4.52. The number of rotatable bonds is 9. The van der Waals surface area contributed by atoms with Crippen molar-refractivity contribution in [3.8, 4) is 11.5 Å². The van der Waals surface area contributed by atoms with Crippen LogP contribution >= 0.6 is 24.0 Å². The van der Waals surface area contributed by atoms with Gasteiger partial charge in [0.1, 0.15) is 10.9 Å².